The molecule has 0 bridgehead atoms. The van der Waals surface area contributed by atoms with Gasteiger partial charge in [0.2, 0.25) is 0 Å². The monoisotopic (exact) mass is 545 g/mol. The molecule has 3 rings (SSSR count). The highest BCUT2D eigenvalue weighted by molar-refractivity contribution is 8.03. The van der Waals surface area contributed by atoms with Crippen LogP contribution in [0.2, 0.25) is 0 Å². The van der Waals surface area contributed by atoms with Gasteiger partial charge in [-0.2, -0.15) is 0 Å². The van der Waals surface area contributed by atoms with Gasteiger partial charge in [-0.3, -0.25) is 10.1 Å². The molecule has 1 fully saturated rings. The Morgan fingerprint density at radius 2 is 1.83 bits per heavy atom. The zero-order valence-corrected chi connectivity index (χ0v) is 21.9. The largest absolute Gasteiger partial charge is 0.573 e. The van der Waals surface area contributed by atoms with Gasteiger partial charge in [-0.15, -0.1) is 13.2 Å². The quantitative estimate of drug-likeness (QED) is 0.343. The van der Waals surface area contributed by atoms with Crippen LogP contribution in [-0.2, 0) is 11.2 Å². The van der Waals surface area contributed by atoms with Crippen molar-refractivity contribution in [3.8, 4) is 5.75 Å². The molecule has 0 saturated heterocycles. The molecule has 0 atom stereocenters. The minimum Gasteiger partial charge on any atom is -0.480 e. The van der Waals surface area contributed by atoms with Crippen molar-refractivity contribution in [3.05, 3.63) is 36.0 Å². The first-order chi connectivity index (χ1) is 16.8. The first-order valence-electron chi connectivity index (χ1n) is 11.6. The second-order valence-corrected chi connectivity index (χ2v) is 12.3. The maximum atomic E-state index is 13.3. The molecule has 1 heterocycles. The minimum absolute atomic E-state index is 0.0498. The number of amides is 2. The number of alkyl halides is 3. The molecule has 1 aromatic carbocycles. The Labute approximate surface area is 216 Å². The van der Waals surface area contributed by atoms with Gasteiger partial charge in [-0.1, -0.05) is 42.2 Å². The number of carboxylic acid groups (broad SMARTS) is 1. The highest BCUT2D eigenvalue weighted by Crippen LogP contribution is 2.37. The number of aromatic nitrogens is 1. The molecular formula is C24H30F3N3O4S2. The normalized spacial score (nSPS) is 18.5. The number of nitrogens with zero attached hydrogens (tertiary/aromatic N) is 2. The van der Waals surface area contributed by atoms with Crippen molar-refractivity contribution in [2.45, 2.75) is 74.2 Å². The van der Waals surface area contributed by atoms with Crippen LogP contribution in [0.25, 0.3) is 0 Å². The molecule has 2 aromatic rings. The number of carboxylic acids is 1. The summed E-state index contributed by atoms with van der Waals surface area (Å²) < 4.78 is 40.8. The van der Waals surface area contributed by atoms with E-state index in [1.165, 1.54) is 23.5 Å². The molecule has 0 spiro atoms. The van der Waals surface area contributed by atoms with Gasteiger partial charge in [0.25, 0.3) is 0 Å². The van der Waals surface area contributed by atoms with E-state index in [2.05, 4.69) is 22.0 Å². The standard InChI is InChI=1S/C24H30F3N3O4S2/c1-15-4-8-17(9-5-15)30(13-12-16-6-10-18(11-7-16)34-24(25,26)27)22(33)29-21-28-14-19(35-21)36-23(2,3)20(31)32/h6-7,10-11,14-15,17H,4-5,8-9,12-13H2,1-3H3,(H,31,32)(H,28,29,33). The zero-order chi connectivity index (χ0) is 26.5. The van der Waals surface area contributed by atoms with Gasteiger partial charge >= 0.3 is 18.4 Å². The number of anilines is 1. The van der Waals surface area contributed by atoms with Crippen molar-refractivity contribution in [1.82, 2.24) is 9.88 Å². The summed E-state index contributed by atoms with van der Waals surface area (Å²) in [6.07, 6.45) is 1.05. The minimum atomic E-state index is -4.74. The number of thiazole rings is 1. The van der Waals surface area contributed by atoms with E-state index in [1.807, 2.05) is 0 Å². The summed E-state index contributed by atoms with van der Waals surface area (Å²) in [5, 5.41) is 12.6. The third-order valence-electron chi connectivity index (χ3n) is 6.05. The third kappa shape index (κ3) is 8.29. The van der Waals surface area contributed by atoms with Gasteiger partial charge in [0.1, 0.15) is 10.5 Å². The van der Waals surface area contributed by atoms with Crippen LogP contribution in [-0.4, -0.2) is 50.7 Å². The smallest absolute Gasteiger partial charge is 0.480 e. The van der Waals surface area contributed by atoms with E-state index in [-0.39, 0.29) is 17.8 Å². The lowest BCUT2D eigenvalue weighted by Gasteiger charge is -2.36. The average molecular weight is 546 g/mol. The summed E-state index contributed by atoms with van der Waals surface area (Å²) in [5.74, 6) is -0.628. The van der Waals surface area contributed by atoms with Crippen molar-refractivity contribution in [1.29, 1.82) is 0 Å². The van der Waals surface area contributed by atoms with E-state index in [1.54, 1.807) is 37.1 Å². The van der Waals surface area contributed by atoms with Gasteiger partial charge < -0.3 is 14.7 Å². The molecule has 198 valence electrons. The predicted octanol–water partition coefficient (Wildman–Crippen LogP) is 6.65. The molecule has 0 unspecified atom stereocenters. The van der Waals surface area contributed by atoms with Crippen molar-refractivity contribution in [2.24, 2.45) is 5.92 Å². The van der Waals surface area contributed by atoms with E-state index < -0.39 is 17.1 Å². The summed E-state index contributed by atoms with van der Waals surface area (Å²) in [7, 11) is 0. The Hall–Kier alpha value is -2.47. The van der Waals surface area contributed by atoms with Crippen LogP contribution in [0.4, 0.5) is 23.1 Å². The number of urea groups is 1. The Balaban J connectivity index is 1.66. The number of thioether (sulfide) groups is 1. The van der Waals surface area contributed by atoms with Gasteiger partial charge in [-0.05, 0) is 69.6 Å². The van der Waals surface area contributed by atoms with Gasteiger partial charge in [0.05, 0.1) is 10.4 Å². The fraction of sp³-hybridized carbons (Fsp3) is 0.542. The van der Waals surface area contributed by atoms with Crippen LogP contribution in [0.5, 0.6) is 5.75 Å². The molecule has 36 heavy (non-hydrogen) atoms. The zero-order valence-electron chi connectivity index (χ0n) is 20.3. The van der Waals surface area contributed by atoms with Gasteiger partial charge in [0.15, 0.2) is 5.13 Å². The second-order valence-electron chi connectivity index (χ2n) is 9.38. The summed E-state index contributed by atoms with van der Waals surface area (Å²) in [6, 6.07) is 5.42. The van der Waals surface area contributed by atoms with E-state index in [4.69, 9.17) is 0 Å². The molecule has 1 aromatic heterocycles. The topological polar surface area (TPSA) is 91.8 Å². The van der Waals surface area contributed by atoms with Crippen molar-refractivity contribution in [3.63, 3.8) is 0 Å². The first-order valence-corrected chi connectivity index (χ1v) is 13.3. The number of carbonyl (C=O) groups is 2. The summed E-state index contributed by atoms with van der Waals surface area (Å²) in [4.78, 5) is 30.7. The summed E-state index contributed by atoms with van der Waals surface area (Å²) in [5.41, 5.74) is 0.787. The van der Waals surface area contributed by atoms with Gasteiger partial charge in [0, 0.05) is 12.6 Å². The van der Waals surface area contributed by atoms with Gasteiger partial charge in [-0.25, -0.2) is 9.78 Å². The number of hydrogen-bond acceptors (Lipinski definition) is 6. The van der Waals surface area contributed by atoms with E-state index >= 15 is 0 Å². The van der Waals surface area contributed by atoms with Crippen LogP contribution in [0.3, 0.4) is 0 Å². The molecule has 1 saturated carbocycles. The molecule has 7 nitrogen and oxygen atoms in total. The number of aliphatic carboxylic acids is 1. The molecule has 0 radical (unpaired) electrons. The molecular weight excluding hydrogens is 515 g/mol. The number of ether oxygens (including phenoxy) is 1. The Morgan fingerprint density at radius 1 is 1.19 bits per heavy atom. The van der Waals surface area contributed by atoms with E-state index in [0.29, 0.717) is 28.2 Å². The highest BCUT2D eigenvalue weighted by atomic mass is 32.2. The SMILES string of the molecule is CC1CCC(N(CCc2ccc(OC(F)(F)F)cc2)C(=O)Nc2ncc(SC(C)(C)C(=O)O)s2)CC1. The summed E-state index contributed by atoms with van der Waals surface area (Å²) >= 11 is 2.38. The van der Waals surface area contributed by atoms with Crippen LogP contribution < -0.4 is 10.1 Å². The number of hydrogen-bond donors (Lipinski definition) is 2. The number of carbonyl (C=O) groups excluding carboxylic acids is 1. The first kappa shape index (κ1) is 28.1. The number of rotatable bonds is 9. The van der Waals surface area contributed by atoms with Crippen LogP contribution in [0.15, 0.2) is 34.7 Å². The third-order valence-corrected chi connectivity index (χ3v) is 8.25. The number of halogens is 3. The lowest BCUT2D eigenvalue weighted by Crippen LogP contribution is -2.45. The number of nitrogens with one attached hydrogen (secondary N) is 1. The molecule has 0 aliphatic heterocycles. The Bertz CT molecular complexity index is 1040. The second kappa shape index (κ2) is 11.7. The van der Waals surface area contributed by atoms with E-state index in [9.17, 15) is 27.9 Å². The van der Waals surface area contributed by atoms with Crippen LogP contribution in [0.1, 0.15) is 52.0 Å². The van der Waals surface area contributed by atoms with Crippen molar-refractivity contribution >= 4 is 40.2 Å². The lowest BCUT2D eigenvalue weighted by atomic mass is 9.86. The fourth-order valence-electron chi connectivity index (χ4n) is 3.93. The molecule has 1 aliphatic carbocycles. The van der Waals surface area contributed by atoms with Crippen LogP contribution in [0, 0.1) is 5.92 Å². The Kier molecular flexibility index (Phi) is 9.15. The summed E-state index contributed by atoms with van der Waals surface area (Å²) in [6.45, 7) is 5.79. The number of benzene rings is 1. The lowest BCUT2D eigenvalue weighted by molar-refractivity contribution is -0.274. The van der Waals surface area contributed by atoms with Crippen molar-refractivity contribution in [2.75, 3.05) is 11.9 Å². The van der Waals surface area contributed by atoms with Crippen LogP contribution >= 0.6 is 23.1 Å². The predicted molar refractivity (Wildman–Crippen MR) is 134 cm³/mol. The molecule has 2 amide bonds. The van der Waals surface area contributed by atoms with Crippen molar-refractivity contribution < 1.29 is 32.6 Å². The molecule has 12 heteroatoms. The Morgan fingerprint density at radius 3 is 2.42 bits per heavy atom. The highest BCUT2D eigenvalue weighted by Gasteiger charge is 2.32. The average Bonchev–Trinajstić information content (AvgIpc) is 3.21. The molecule has 2 N–H and O–H groups in total. The maximum Gasteiger partial charge on any atom is 0.573 e. The van der Waals surface area contributed by atoms with E-state index in [0.717, 1.165) is 43.0 Å². The fourth-order valence-corrected chi connectivity index (χ4v) is 6.20. The molecule has 1 aliphatic rings. The maximum absolute atomic E-state index is 13.3.